The Labute approximate surface area is 122 Å². The van der Waals surface area contributed by atoms with Crippen LogP contribution in [0.2, 0.25) is 0 Å². The van der Waals surface area contributed by atoms with Crippen molar-refractivity contribution in [3.05, 3.63) is 0 Å². The van der Waals surface area contributed by atoms with Crippen molar-refractivity contribution in [2.24, 2.45) is 0 Å². The van der Waals surface area contributed by atoms with Crippen LogP contribution in [-0.2, 0) is 3.78 Å². The van der Waals surface area contributed by atoms with Gasteiger partial charge in [0, 0.05) is 0 Å². The van der Waals surface area contributed by atoms with Crippen LogP contribution in [0.5, 0.6) is 0 Å². The van der Waals surface area contributed by atoms with E-state index in [4.69, 9.17) is 3.78 Å². The van der Waals surface area contributed by atoms with Crippen molar-refractivity contribution in [3.8, 4) is 0 Å². The van der Waals surface area contributed by atoms with Crippen molar-refractivity contribution in [2.75, 3.05) is 0 Å². The zero-order chi connectivity index (χ0) is 2.00. The molecule has 1 nitrogen and oxygen atoms in total. The zero-order valence-electron chi connectivity index (χ0n) is 1.12. The number of rotatable bonds is 0. The van der Waals surface area contributed by atoms with E-state index in [9.17, 15) is 0 Å². The van der Waals surface area contributed by atoms with Gasteiger partial charge in [0.15, 0.2) is 0 Å². The molecule has 0 aromatic rings. The van der Waals surface area contributed by atoms with Gasteiger partial charge in [-0.2, -0.15) is 0 Å². The fourth-order valence-corrected chi connectivity index (χ4v) is 0. The second-order valence-corrected chi connectivity index (χ2v) is 0. The summed E-state index contributed by atoms with van der Waals surface area (Å²) < 4.78 is 8.38. The molecule has 0 N–H and O–H groups in total. The third kappa shape index (κ3) is 18.5. The van der Waals surface area contributed by atoms with E-state index in [2.05, 4.69) is 0 Å². The summed E-state index contributed by atoms with van der Waals surface area (Å²) in [4.78, 5) is 0. The van der Waals surface area contributed by atoms with Crippen LogP contribution in [0.15, 0.2) is 0 Å². The predicted octanol–water partition coefficient (Wildman–Crippen LogP) is -3.78. The SMILES string of the molecule is [CsH].[GeH4].[LiH].[O]=[GeH2]. The molecule has 0 aromatic carbocycles. The van der Waals surface area contributed by atoms with Crippen LogP contribution in [-0.4, -0.2) is 122 Å². The van der Waals surface area contributed by atoms with Crippen LogP contribution in [0.4, 0.5) is 0 Å². The molecule has 24 valence electrons. The van der Waals surface area contributed by atoms with Crippen LogP contribution in [0.25, 0.3) is 0 Å². The summed E-state index contributed by atoms with van der Waals surface area (Å²) in [5.41, 5.74) is 0. The van der Waals surface area contributed by atoms with Gasteiger partial charge < -0.3 is 0 Å². The van der Waals surface area contributed by atoms with E-state index in [-0.39, 0.29) is 122 Å². The van der Waals surface area contributed by atoms with Gasteiger partial charge in [0.2, 0.25) is 0 Å². The Bertz CT molecular complexity index is 9.61. The minimum atomic E-state index is 0. The van der Waals surface area contributed by atoms with Gasteiger partial charge >= 0.3 is 126 Å². The van der Waals surface area contributed by atoms with Gasteiger partial charge in [-0.05, 0) is 0 Å². The van der Waals surface area contributed by atoms with E-state index in [1.165, 1.54) is 0 Å². The van der Waals surface area contributed by atoms with Crippen molar-refractivity contribution in [2.45, 2.75) is 0 Å². The third-order valence-electron chi connectivity index (χ3n) is 0. The monoisotopic (exact) mass is 312 g/mol. The molecule has 0 atom stereocenters. The van der Waals surface area contributed by atoms with Crippen molar-refractivity contribution < 1.29 is 3.78 Å². The van der Waals surface area contributed by atoms with E-state index >= 15 is 0 Å². The molecule has 0 saturated heterocycles. The second kappa shape index (κ2) is 25.8. The normalized spacial score (nSPS) is 0.800. The Hall–Kier alpha value is 3.54. The molecule has 0 spiro atoms. The van der Waals surface area contributed by atoms with E-state index in [1.54, 1.807) is 0 Å². The first-order chi connectivity index (χ1) is 1.00. The molecule has 0 fully saturated rings. The molecular formula is H8CsGe2LiO. The van der Waals surface area contributed by atoms with Crippen molar-refractivity contribution in [1.82, 2.24) is 0 Å². The van der Waals surface area contributed by atoms with Gasteiger partial charge in [0.1, 0.15) is 0 Å². The van der Waals surface area contributed by atoms with Gasteiger partial charge in [-0.3, -0.25) is 0 Å². The van der Waals surface area contributed by atoms with Crippen LogP contribution >= 0.6 is 0 Å². The van der Waals surface area contributed by atoms with Gasteiger partial charge in [-0.25, -0.2) is 0 Å². The molecule has 0 radical (unpaired) electrons. The third-order valence-corrected chi connectivity index (χ3v) is 0. The minimum absolute atomic E-state index is 0. The van der Waals surface area contributed by atoms with Gasteiger partial charge in [-0.15, -0.1) is 0 Å². The molecule has 0 rings (SSSR count). The topological polar surface area (TPSA) is 17.1 Å². The van der Waals surface area contributed by atoms with Crippen molar-refractivity contribution >= 4 is 122 Å². The summed E-state index contributed by atoms with van der Waals surface area (Å²) in [6, 6.07) is 0. The molecule has 0 aliphatic carbocycles. The summed E-state index contributed by atoms with van der Waals surface area (Å²) in [6.45, 7) is 0. The second-order valence-electron chi connectivity index (χ2n) is 0. The number of hydrogen-bond donors (Lipinski definition) is 0. The summed E-state index contributed by atoms with van der Waals surface area (Å²) in [5.74, 6) is 0. The Kier molecular flexibility index (Phi) is 121. The average Bonchev–Trinajstić information content (AvgIpc) is 1.00. The maximum absolute atomic E-state index is 8.38. The molecule has 0 heterocycles. The number of hydrogen-bond acceptors (Lipinski definition) is 1. The molecule has 0 amide bonds. The van der Waals surface area contributed by atoms with E-state index < -0.39 is 0 Å². The molecule has 0 aromatic heterocycles. The predicted molar refractivity (Wildman–Crippen MR) is 34.9 cm³/mol. The van der Waals surface area contributed by atoms with Gasteiger partial charge in [0.25, 0.3) is 0 Å². The van der Waals surface area contributed by atoms with Gasteiger partial charge in [0.05, 0.1) is 0 Å². The summed E-state index contributed by atoms with van der Waals surface area (Å²) in [7, 11) is 0. The Morgan fingerprint density at radius 1 is 1.20 bits per heavy atom. The quantitative estimate of drug-likeness (QED) is 0.420. The van der Waals surface area contributed by atoms with Crippen molar-refractivity contribution in [3.63, 3.8) is 0 Å². The Morgan fingerprint density at radius 3 is 1.20 bits per heavy atom. The molecule has 0 unspecified atom stereocenters. The van der Waals surface area contributed by atoms with E-state index in [0.717, 1.165) is 0 Å². The Morgan fingerprint density at radius 2 is 1.20 bits per heavy atom. The molecule has 5 heteroatoms. The summed E-state index contributed by atoms with van der Waals surface area (Å²) >= 11 is 0.125. The Balaban J connectivity index is -0.00000000167. The van der Waals surface area contributed by atoms with Crippen molar-refractivity contribution in [1.29, 1.82) is 0 Å². The fraction of sp³-hybridized carbons (Fsp3) is 0. The first-order valence-corrected chi connectivity index (χ1v) is 1.50. The fourth-order valence-electron chi connectivity index (χ4n) is 0. The van der Waals surface area contributed by atoms with Crippen LogP contribution < -0.4 is 0 Å². The molecule has 0 saturated carbocycles. The molecular weight excluding hydrogens is 301 g/mol. The van der Waals surface area contributed by atoms with Gasteiger partial charge in [-0.1, -0.05) is 0 Å². The molecule has 0 aliphatic heterocycles. The summed E-state index contributed by atoms with van der Waals surface area (Å²) in [5, 5.41) is 0. The van der Waals surface area contributed by atoms with E-state index in [1.807, 2.05) is 0 Å². The first-order valence-electron chi connectivity index (χ1n) is 0.289. The molecule has 0 aliphatic rings. The van der Waals surface area contributed by atoms with E-state index in [0.29, 0.717) is 0 Å². The standard InChI is InChI=1S/Cs.GeH2O.GeH4.Li.2H/c;1-2;;;;/h;1H2;1H4;;;. The zero-order valence-corrected chi connectivity index (χ0v) is 4.08. The summed E-state index contributed by atoms with van der Waals surface area (Å²) in [6.07, 6.45) is 0. The van der Waals surface area contributed by atoms with Crippen LogP contribution in [0, 0.1) is 0 Å². The molecule has 5 heavy (non-hydrogen) atoms. The average molecular weight is 309 g/mol. The molecule has 0 bridgehead atoms. The van der Waals surface area contributed by atoms with Crippen LogP contribution in [0.1, 0.15) is 0 Å². The van der Waals surface area contributed by atoms with Crippen LogP contribution in [0.3, 0.4) is 0 Å². The maximum atomic E-state index is 8.38. The first kappa shape index (κ1) is 23.6.